The Balaban J connectivity index is 1.84. The van der Waals surface area contributed by atoms with Gasteiger partial charge in [0.05, 0.1) is 17.3 Å². The van der Waals surface area contributed by atoms with Gasteiger partial charge >= 0.3 is 5.69 Å². The summed E-state index contributed by atoms with van der Waals surface area (Å²) in [7, 11) is 0. The van der Waals surface area contributed by atoms with Crippen molar-refractivity contribution in [1.82, 2.24) is 20.1 Å². The number of amides is 1. The Hall–Kier alpha value is -2.90. The largest absolute Gasteiger partial charge is 0.377 e. The molecule has 0 radical (unpaired) electrons. The third-order valence-electron chi connectivity index (χ3n) is 4.69. The summed E-state index contributed by atoms with van der Waals surface area (Å²) >= 11 is 6.35. The Labute approximate surface area is 186 Å². The van der Waals surface area contributed by atoms with Gasteiger partial charge < -0.3 is 10.1 Å². The number of carbonyl (C=O) groups excluding carboxylic acids is 1. The molecule has 2 aromatic carbocycles. The number of aromatic nitrogens is 3. The van der Waals surface area contributed by atoms with Crippen LogP contribution in [0.4, 0.5) is 0 Å². The van der Waals surface area contributed by atoms with E-state index in [9.17, 15) is 9.59 Å². The quantitative estimate of drug-likeness (QED) is 0.577. The molecular weight excluding hydrogens is 416 g/mol. The third-order valence-corrected chi connectivity index (χ3v) is 5.01. The Bertz CT molecular complexity index is 1110. The smallest absolute Gasteiger partial charge is 0.348 e. The predicted molar refractivity (Wildman–Crippen MR) is 121 cm³/mol. The van der Waals surface area contributed by atoms with E-state index >= 15 is 0 Å². The van der Waals surface area contributed by atoms with Crippen molar-refractivity contribution in [2.75, 3.05) is 6.61 Å². The molecule has 31 heavy (non-hydrogen) atoms. The van der Waals surface area contributed by atoms with Gasteiger partial charge in [0.2, 0.25) is 5.91 Å². The molecule has 0 saturated carbocycles. The van der Waals surface area contributed by atoms with Gasteiger partial charge in [0.25, 0.3) is 0 Å². The molecule has 0 aliphatic rings. The highest BCUT2D eigenvalue weighted by Crippen LogP contribution is 2.22. The number of benzene rings is 2. The van der Waals surface area contributed by atoms with Gasteiger partial charge in [0.1, 0.15) is 0 Å². The van der Waals surface area contributed by atoms with Crippen LogP contribution < -0.4 is 11.0 Å². The average molecular weight is 443 g/mol. The zero-order valence-corrected chi connectivity index (χ0v) is 18.9. The standard InChI is InChI=1S/C23H27ClN4O3/c1-5-31-14-15-6-9-17(10-7-15)20-26-22(30)28(27-20)19-12-16(8-11-18(19)24)13-25-21(29)23(2,3)4/h6-12H,5,13-14H2,1-4H3,(H,25,29)(H,26,27,30). The summed E-state index contributed by atoms with van der Waals surface area (Å²) in [5.41, 5.74) is 2.20. The van der Waals surface area contributed by atoms with Crippen molar-refractivity contribution in [1.29, 1.82) is 0 Å². The number of nitrogens with one attached hydrogen (secondary N) is 2. The van der Waals surface area contributed by atoms with E-state index < -0.39 is 11.1 Å². The second kappa shape index (κ2) is 9.49. The fourth-order valence-electron chi connectivity index (χ4n) is 2.87. The summed E-state index contributed by atoms with van der Waals surface area (Å²) in [5.74, 6) is 0.381. The van der Waals surface area contributed by atoms with Crippen LogP contribution >= 0.6 is 11.6 Å². The lowest BCUT2D eigenvalue weighted by molar-refractivity contribution is -0.128. The second-order valence-corrected chi connectivity index (χ2v) is 8.65. The SMILES string of the molecule is CCOCc1ccc(-c2nn(-c3cc(CNC(=O)C(C)(C)C)ccc3Cl)c(=O)[nH]2)cc1. The molecule has 0 bridgehead atoms. The van der Waals surface area contributed by atoms with Crippen LogP contribution in [0, 0.1) is 5.41 Å². The van der Waals surface area contributed by atoms with Crippen LogP contribution in [0.2, 0.25) is 5.02 Å². The molecule has 0 aliphatic heterocycles. The van der Waals surface area contributed by atoms with Gasteiger partial charge in [-0.05, 0) is 30.2 Å². The van der Waals surface area contributed by atoms with E-state index in [0.29, 0.717) is 36.3 Å². The Kier molecular flexibility index (Phi) is 6.97. The number of H-pyrrole nitrogens is 1. The molecule has 0 aliphatic carbocycles. The van der Waals surface area contributed by atoms with Crippen LogP contribution in [0.5, 0.6) is 0 Å². The summed E-state index contributed by atoms with van der Waals surface area (Å²) in [5, 5.41) is 7.71. The maximum absolute atomic E-state index is 12.6. The molecule has 0 fully saturated rings. The van der Waals surface area contributed by atoms with Gasteiger partial charge in [-0.15, -0.1) is 5.10 Å². The first-order valence-electron chi connectivity index (χ1n) is 10.1. The van der Waals surface area contributed by atoms with Crippen molar-refractivity contribution in [2.45, 2.75) is 40.8 Å². The maximum atomic E-state index is 12.6. The molecule has 3 rings (SSSR count). The molecular formula is C23H27ClN4O3. The van der Waals surface area contributed by atoms with Gasteiger partial charge in [0.15, 0.2) is 5.82 Å². The van der Waals surface area contributed by atoms with Crippen LogP contribution in [-0.2, 0) is 22.7 Å². The molecule has 1 heterocycles. The number of aromatic amines is 1. The van der Waals surface area contributed by atoms with Crippen molar-refractivity contribution < 1.29 is 9.53 Å². The second-order valence-electron chi connectivity index (χ2n) is 8.24. The number of nitrogens with zero attached hydrogens (tertiary/aromatic N) is 2. The lowest BCUT2D eigenvalue weighted by Gasteiger charge is -2.17. The lowest BCUT2D eigenvalue weighted by atomic mass is 9.95. The molecule has 0 unspecified atom stereocenters. The van der Waals surface area contributed by atoms with Crippen molar-refractivity contribution in [2.24, 2.45) is 5.41 Å². The maximum Gasteiger partial charge on any atom is 0.348 e. The first-order chi connectivity index (χ1) is 14.7. The van der Waals surface area contributed by atoms with E-state index in [1.807, 2.05) is 58.0 Å². The first-order valence-corrected chi connectivity index (χ1v) is 10.5. The Morgan fingerprint density at radius 2 is 1.84 bits per heavy atom. The van der Waals surface area contributed by atoms with Crippen LogP contribution in [0.3, 0.4) is 0 Å². The summed E-state index contributed by atoms with van der Waals surface area (Å²) in [6.45, 7) is 9.02. The molecule has 0 saturated heterocycles. The third kappa shape index (κ3) is 5.62. The number of hydrogen-bond donors (Lipinski definition) is 2. The number of carbonyl (C=O) groups is 1. The van der Waals surface area contributed by atoms with Gasteiger partial charge in [-0.2, -0.15) is 4.68 Å². The highest BCUT2D eigenvalue weighted by Gasteiger charge is 2.21. The summed E-state index contributed by atoms with van der Waals surface area (Å²) in [6.07, 6.45) is 0. The van der Waals surface area contributed by atoms with Crippen molar-refractivity contribution in [3.8, 4) is 17.1 Å². The number of rotatable bonds is 7. The molecule has 7 nitrogen and oxygen atoms in total. The van der Waals surface area contributed by atoms with Crippen molar-refractivity contribution in [3.05, 3.63) is 69.1 Å². The normalized spacial score (nSPS) is 11.5. The van der Waals surface area contributed by atoms with Gasteiger partial charge in [-0.25, -0.2) is 4.79 Å². The topological polar surface area (TPSA) is 89.0 Å². The Morgan fingerprint density at radius 3 is 2.48 bits per heavy atom. The van der Waals surface area contributed by atoms with E-state index in [4.69, 9.17) is 16.3 Å². The van der Waals surface area contributed by atoms with Gasteiger partial charge in [-0.1, -0.05) is 62.7 Å². The highest BCUT2D eigenvalue weighted by atomic mass is 35.5. The lowest BCUT2D eigenvalue weighted by Crippen LogP contribution is -2.34. The first kappa shape index (κ1) is 22.8. The van der Waals surface area contributed by atoms with E-state index in [2.05, 4.69) is 15.4 Å². The molecule has 0 atom stereocenters. The molecule has 1 amide bonds. The van der Waals surface area contributed by atoms with E-state index in [1.165, 1.54) is 4.68 Å². The van der Waals surface area contributed by atoms with E-state index in [1.54, 1.807) is 12.1 Å². The molecule has 8 heteroatoms. The summed E-state index contributed by atoms with van der Waals surface area (Å²) in [4.78, 5) is 27.5. The van der Waals surface area contributed by atoms with Gasteiger partial charge in [-0.3, -0.25) is 9.78 Å². The van der Waals surface area contributed by atoms with E-state index in [-0.39, 0.29) is 5.91 Å². The summed E-state index contributed by atoms with van der Waals surface area (Å²) < 4.78 is 6.64. The Morgan fingerprint density at radius 1 is 1.16 bits per heavy atom. The predicted octanol–water partition coefficient (Wildman–Crippen LogP) is 4.08. The molecule has 164 valence electrons. The molecule has 1 aromatic heterocycles. The number of halogens is 1. The van der Waals surface area contributed by atoms with Crippen LogP contribution in [-0.4, -0.2) is 27.3 Å². The number of hydrogen-bond acceptors (Lipinski definition) is 4. The van der Waals surface area contributed by atoms with Gasteiger partial charge in [0, 0.05) is 24.1 Å². The minimum Gasteiger partial charge on any atom is -0.377 e. The van der Waals surface area contributed by atoms with Crippen molar-refractivity contribution in [3.63, 3.8) is 0 Å². The zero-order valence-electron chi connectivity index (χ0n) is 18.2. The number of ether oxygens (including phenoxy) is 1. The van der Waals surface area contributed by atoms with Crippen LogP contribution in [0.15, 0.2) is 47.3 Å². The van der Waals surface area contributed by atoms with Crippen LogP contribution in [0.1, 0.15) is 38.8 Å². The fourth-order valence-corrected chi connectivity index (χ4v) is 3.07. The minimum absolute atomic E-state index is 0.0593. The monoisotopic (exact) mass is 442 g/mol. The fraction of sp³-hybridized carbons (Fsp3) is 0.348. The highest BCUT2D eigenvalue weighted by molar-refractivity contribution is 6.32. The van der Waals surface area contributed by atoms with Crippen molar-refractivity contribution >= 4 is 17.5 Å². The summed E-state index contributed by atoms with van der Waals surface area (Å²) in [6, 6.07) is 12.9. The van der Waals surface area contributed by atoms with E-state index in [0.717, 1.165) is 16.7 Å². The molecule has 2 N–H and O–H groups in total. The average Bonchev–Trinajstić information content (AvgIpc) is 3.12. The zero-order chi connectivity index (χ0) is 22.6. The minimum atomic E-state index is -0.485. The van der Waals surface area contributed by atoms with Crippen LogP contribution in [0.25, 0.3) is 17.1 Å². The molecule has 0 spiro atoms. The molecule has 3 aromatic rings.